The van der Waals surface area contributed by atoms with Crippen molar-refractivity contribution >= 4 is 20.9 Å². The molecule has 1 N–H and O–H groups in total. The number of aromatic nitrogens is 2. The average molecular weight is 671 g/mol. The fraction of sp³-hybridized carbons (Fsp3) is 0.184. The normalized spacial score (nSPS) is 13.8. The van der Waals surface area contributed by atoms with Gasteiger partial charge in [0.2, 0.25) is 0 Å². The first kappa shape index (κ1) is 33.0. The maximum atomic E-state index is 13.0. The first-order valence-electron chi connectivity index (χ1n) is 15.3. The zero-order valence-electron chi connectivity index (χ0n) is 26.4. The molecular weight excluding hydrogens is 637 g/mol. The van der Waals surface area contributed by atoms with Crippen molar-refractivity contribution in [2.75, 3.05) is 0 Å². The number of aryl methyl sites for hydroxylation is 1. The average Bonchev–Trinajstić information content (AvgIpc) is 3.57. The number of halogens is 3. The Bertz CT molecular complexity index is 2070. The predicted octanol–water partition coefficient (Wildman–Crippen LogP) is 8.31. The van der Waals surface area contributed by atoms with E-state index in [4.69, 9.17) is 4.98 Å². The molecule has 0 aliphatic rings. The molecule has 5 aromatic carbocycles. The first-order valence-corrected chi connectivity index (χ1v) is 16.7. The molecule has 0 spiro atoms. The molecule has 1 heterocycles. The SMILES string of the molecule is Cc1cc2cc(C(O)(c3cn(C(c4ccccc4)(c4ccccc4)c4ccccc4)cn3)C(C)C)ccc2cc1OS(=O)(=O)C(F)(F)F. The number of aliphatic hydroxyl groups is 1. The highest BCUT2D eigenvalue weighted by Gasteiger charge is 2.49. The van der Waals surface area contributed by atoms with Crippen molar-refractivity contribution in [1.29, 1.82) is 0 Å². The summed E-state index contributed by atoms with van der Waals surface area (Å²) in [4.78, 5) is 4.82. The Morgan fingerprint density at radius 3 is 1.73 bits per heavy atom. The predicted molar refractivity (Wildman–Crippen MR) is 179 cm³/mol. The summed E-state index contributed by atoms with van der Waals surface area (Å²) in [5.74, 6) is -0.789. The molecule has 1 aromatic heterocycles. The lowest BCUT2D eigenvalue weighted by Crippen LogP contribution is -2.37. The monoisotopic (exact) mass is 670 g/mol. The van der Waals surface area contributed by atoms with Crippen LogP contribution in [0.1, 0.15) is 47.4 Å². The third kappa shape index (κ3) is 5.54. The van der Waals surface area contributed by atoms with Gasteiger partial charge in [-0.2, -0.15) is 21.6 Å². The van der Waals surface area contributed by atoms with Crippen molar-refractivity contribution in [2.45, 2.75) is 37.4 Å². The second kappa shape index (κ2) is 12.3. The molecule has 6 nitrogen and oxygen atoms in total. The highest BCUT2D eigenvalue weighted by molar-refractivity contribution is 7.88. The summed E-state index contributed by atoms with van der Waals surface area (Å²) < 4.78 is 68.8. The molecule has 0 saturated heterocycles. The van der Waals surface area contributed by atoms with Gasteiger partial charge in [-0.15, -0.1) is 0 Å². The molecule has 1 atom stereocenters. The maximum Gasteiger partial charge on any atom is 0.534 e. The number of alkyl halides is 3. The van der Waals surface area contributed by atoms with Crippen LogP contribution in [0.15, 0.2) is 134 Å². The minimum Gasteiger partial charge on any atom is -0.378 e. The second-order valence-electron chi connectivity index (χ2n) is 12.1. The number of rotatable bonds is 9. The van der Waals surface area contributed by atoms with Crippen LogP contribution in [-0.2, 0) is 21.3 Å². The van der Waals surface area contributed by atoms with Crippen LogP contribution < -0.4 is 4.18 Å². The number of imidazole rings is 1. The Labute approximate surface area is 277 Å². The molecule has 0 aliphatic heterocycles. The number of hydrogen-bond donors (Lipinski definition) is 1. The Hall–Kier alpha value is -4.93. The zero-order valence-corrected chi connectivity index (χ0v) is 27.2. The number of hydrogen-bond acceptors (Lipinski definition) is 5. The third-order valence-electron chi connectivity index (χ3n) is 8.83. The molecule has 0 saturated carbocycles. The van der Waals surface area contributed by atoms with E-state index in [1.807, 2.05) is 79.2 Å². The zero-order chi connectivity index (χ0) is 34.3. The summed E-state index contributed by atoms with van der Waals surface area (Å²) >= 11 is 0. The van der Waals surface area contributed by atoms with E-state index in [1.165, 1.54) is 19.1 Å². The van der Waals surface area contributed by atoms with Gasteiger partial charge in [0.25, 0.3) is 0 Å². The van der Waals surface area contributed by atoms with Crippen molar-refractivity contribution < 1.29 is 30.9 Å². The Morgan fingerprint density at radius 1 is 0.729 bits per heavy atom. The Balaban J connectivity index is 1.50. The van der Waals surface area contributed by atoms with Crippen molar-refractivity contribution in [3.63, 3.8) is 0 Å². The summed E-state index contributed by atoms with van der Waals surface area (Å²) in [6.07, 6.45) is 3.59. The van der Waals surface area contributed by atoms with Gasteiger partial charge in [0.1, 0.15) is 16.9 Å². The minimum atomic E-state index is -5.84. The van der Waals surface area contributed by atoms with Crippen LogP contribution in [0.5, 0.6) is 5.75 Å². The highest BCUT2D eigenvalue weighted by atomic mass is 32.2. The van der Waals surface area contributed by atoms with Crippen LogP contribution in [-0.4, -0.2) is 28.6 Å². The number of benzene rings is 5. The molecule has 0 amide bonds. The van der Waals surface area contributed by atoms with Crippen molar-refractivity contribution in [3.05, 3.63) is 167 Å². The topological polar surface area (TPSA) is 81.4 Å². The molecule has 48 heavy (non-hydrogen) atoms. The number of fused-ring (bicyclic) bond motifs is 1. The largest absolute Gasteiger partial charge is 0.534 e. The van der Waals surface area contributed by atoms with Gasteiger partial charge in [-0.05, 0) is 69.6 Å². The summed E-state index contributed by atoms with van der Waals surface area (Å²) in [6.45, 7) is 5.22. The fourth-order valence-corrected chi connectivity index (χ4v) is 6.86. The minimum absolute atomic E-state index is 0.184. The molecule has 6 rings (SSSR count). The van der Waals surface area contributed by atoms with Crippen LogP contribution >= 0.6 is 0 Å². The van der Waals surface area contributed by atoms with Gasteiger partial charge in [-0.25, -0.2) is 4.98 Å². The Kier molecular flexibility index (Phi) is 8.43. The van der Waals surface area contributed by atoms with E-state index in [2.05, 4.69) is 40.6 Å². The van der Waals surface area contributed by atoms with E-state index in [0.29, 0.717) is 22.0 Å². The van der Waals surface area contributed by atoms with Gasteiger partial charge >= 0.3 is 15.6 Å². The first-order chi connectivity index (χ1) is 22.8. The molecule has 6 aromatic rings. The number of nitrogens with zero attached hydrogens (tertiary/aromatic N) is 2. The van der Waals surface area contributed by atoms with Crippen LogP contribution in [0, 0.1) is 12.8 Å². The van der Waals surface area contributed by atoms with Crippen LogP contribution in [0.25, 0.3) is 10.8 Å². The van der Waals surface area contributed by atoms with E-state index >= 15 is 0 Å². The summed E-state index contributed by atoms with van der Waals surface area (Å²) in [5, 5.41) is 13.6. The highest BCUT2D eigenvalue weighted by Crippen LogP contribution is 2.44. The van der Waals surface area contributed by atoms with E-state index in [-0.39, 0.29) is 11.5 Å². The summed E-state index contributed by atoms with van der Waals surface area (Å²) in [7, 11) is -5.84. The lowest BCUT2D eigenvalue weighted by atomic mass is 9.76. The Morgan fingerprint density at radius 2 is 1.25 bits per heavy atom. The second-order valence-corrected chi connectivity index (χ2v) is 13.6. The van der Waals surface area contributed by atoms with E-state index in [1.54, 1.807) is 24.5 Å². The molecule has 0 bridgehead atoms. The lowest BCUT2D eigenvalue weighted by molar-refractivity contribution is -0.0500. The van der Waals surface area contributed by atoms with Crippen LogP contribution in [0.4, 0.5) is 13.2 Å². The van der Waals surface area contributed by atoms with Crippen molar-refractivity contribution in [1.82, 2.24) is 9.55 Å². The van der Waals surface area contributed by atoms with Gasteiger partial charge < -0.3 is 13.9 Å². The summed E-state index contributed by atoms with van der Waals surface area (Å²) in [5.41, 5.74) is -3.92. The van der Waals surface area contributed by atoms with E-state index in [0.717, 1.165) is 16.7 Å². The molecule has 10 heteroatoms. The van der Waals surface area contributed by atoms with E-state index < -0.39 is 32.5 Å². The lowest BCUT2D eigenvalue weighted by Gasteiger charge is -2.37. The fourth-order valence-electron chi connectivity index (χ4n) is 6.35. The molecule has 0 radical (unpaired) electrons. The smallest absolute Gasteiger partial charge is 0.378 e. The van der Waals surface area contributed by atoms with Crippen LogP contribution in [0.2, 0.25) is 0 Å². The van der Waals surface area contributed by atoms with E-state index in [9.17, 15) is 26.7 Å². The maximum absolute atomic E-state index is 13.0. The van der Waals surface area contributed by atoms with Crippen LogP contribution in [0.3, 0.4) is 0 Å². The molecule has 1 unspecified atom stereocenters. The molecule has 246 valence electrons. The van der Waals surface area contributed by atoms with Crippen molar-refractivity contribution in [3.8, 4) is 5.75 Å². The van der Waals surface area contributed by atoms with Gasteiger partial charge in [0.15, 0.2) is 0 Å². The summed E-state index contributed by atoms with van der Waals surface area (Å²) in [6, 6.07) is 38.0. The molecule has 0 fully saturated rings. The molecule has 0 aliphatic carbocycles. The quantitative estimate of drug-likeness (QED) is 0.0951. The molecular formula is C38H33F3N2O4S. The van der Waals surface area contributed by atoms with Gasteiger partial charge in [-0.3, -0.25) is 0 Å². The van der Waals surface area contributed by atoms with Crippen molar-refractivity contribution in [2.24, 2.45) is 5.92 Å². The van der Waals surface area contributed by atoms with Gasteiger partial charge in [0.05, 0.1) is 12.0 Å². The standard InChI is InChI=1S/C38H33F3N2O4S/c1-26(2)37(44,33-20-19-28-23-34(27(3)21-29(28)22-33)47-48(45,46)38(39,40)41)35-24-43(25-42-35)36(30-13-7-4-8-14-30,31-15-9-5-10-16-31)32-17-11-6-12-18-32/h4-26,44H,1-3H3. The van der Waals surface area contributed by atoms with Gasteiger partial charge in [0, 0.05) is 6.20 Å². The third-order valence-corrected chi connectivity index (χ3v) is 9.79. The van der Waals surface area contributed by atoms with Gasteiger partial charge in [-0.1, -0.05) is 117 Å².